The largest absolute Gasteiger partial charge is 0.473 e. The van der Waals surface area contributed by atoms with Gasteiger partial charge in [0, 0.05) is 37.0 Å². The maximum Gasteiger partial charge on any atom is 0.433 e. The Morgan fingerprint density at radius 1 is 1.08 bits per heavy atom. The third-order valence-corrected chi connectivity index (χ3v) is 6.98. The molecule has 1 unspecified atom stereocenters. The summed E-state index contributed by atoms with van der Waals surface area (Å²) in [5, 5.41) is 0. The van der Waals surface area contributed by atoms with Gasteiger partial charge in [-0.25, -0.2) is 13.6 Å². The second-order valence-electron chi connectivity index (χ2n) is 9.12. The highest BCUT2D eigenvalue weighted by molar-refractivity contribution is 5.49. The first kappa shape index (κ1) is 25.0. The van der Waals surface area contributed by atoms with Crippen molar-refractivity contribution >= 4 is 5.82 Å². The first-order valence-corrected chi connectivity index (χ1v) is 11.8. The van der Waals surface area contributed by atoms with Crippen molar-refractivity contribution in [2.75, 3.05) is 11.4 Å². The molecule has 0 aliphatic carbocycles. The van der Waals surface area contributed by atoms with Gasteiger partial charge in [0.25, 0.3) is 0 Å². The zero-order valence-electron chi connectivity index (χ0n) is 19.8. The first-order chi connectivity index (χ1) is 17.6. The molecule has 37 heavy (non-hydrogen) atoms. The van der Waals surface area contributed by atoms with Gasteiger partial charge in [0.2, 0.25) is 5.88 Å². The number of rotatable bonds is 6. The van der Waals surface area contributed by atoms with Crippen LogP contribution in [0.15, 0.2) is 41.3 Å². The lowest BCUT2D eigenvalue weighted by Gasteiger charge is -2.44. The molecule has 1 fully saturated rings. The van der Waals surface area contributed by atoms with E-state index in [1.54, 1.807) is 10.6 Å². The fourth-order valence-electron chi connectivity index (χ4n) is 5.10. The van der Waals surface area contributed by atoms with Gasteiger partial charge in [-0.15, -0.1) is 0 Å². The highest BCUT2D eigenvalue weighted by Gasteiger charge is 2.43. The SMILES string of the molecule is CCC12CCCN1c1cc(OCc3cc(F)c(Oc4ccnc(C(F)(F)F)c4)c(F)c3)nc(=O)n1CC2. The molecule has 0 spiro atoms. The van der Waals surface area contributed by atoms with Crippen LogP contribution < -0.4 is 20.1 Å². The van der Waals surface area contributed by atoms with Gasteiger partial charge in [-0.05, 0) is 49.4 Å². The van der Waals surface area contributed by atoms with Crippen molar-refractivity contribution in [1.29, 1.82) is 0 Å². The molecule has 4 heterocycles. The fraction of sp³-hybridized carbons (Fsp3) is 0.400. The summed E-state index contributed by atoms with van der Waals surface area (Å²) in [6, 6.07) is 5.15. The number of nitrogens with zero attached hydrogens (tertiary/aromatic N) is 4. The van der Waals surface area contributed by atoms with Crippen LogP contribution >= 0.6 is 0 Å². The second kappa shape index (κ2) is 9.31. The third kappa shape index (κ3) is 4.72. The Labute approximate surface area is 208 Å². The first-order valence-electron chi connectivity index (χ1n) is 11.8. The molecular weight excluding hydrogens is 499 g/mol. The Balaban J connectivity index is 1.34. The van der Waals surface area contributed by atoms with Gasteiger partial charge in [0.05, 0.1) is 0 Å². The lowest BCUT2D eigenvalue weighted by Crippen LogP contribution is -2.51. The summed E-state index contributed by atoms with van der Waals surface area (Å²) in [6.45, 7) is 3.21. The number of pyridine rings is 1. The molecule has 1 saturated heterocycles. The van der Waals surface area contributed by atoms with Gasteiger partial charge in [-0.1, -0.05) is 6.92 Å². The van der Waals surface area contributed by atoms with Crippen LogP contribution in [0.4, 0.5) is 27.8 Å². The maximum absolute atomic E-state index is 14.6. The van der Waals surface area contributed by atoms with Crippen LogP contribution in [0, 0.1) is 11.6 Å². The zero-order valence-corrected chi connectivity index (χ0v) is 19.8. The minimum absolute atomic E-state index is 0.00281. The Bertz CT molecular complexity index is 1370. The summed E-state index contributed by atoms with van der Waals surface area (Å²) < 4.78 is 80.1. The van der Waals surface area contributed by atoms with Gasteiger partial charge in [-0.2, -0.15) is 18.2 Å². The lowest BCUT2D eigenvalue weighted by atomic mass is 9.87. The van der Waals surface area contributed by atoms with Crippen LogP contribution in [-0.4, -0.2) is 26.6 Å². The van der Waals surface area contributed by atoms with E-state index in [0.717, 1.165) is 62.4 Å². The predicted octanol–water partition coefficient (Wildman–Crippen LogP) is 5.46. The number of halogens is 5. The molecule has 2 aliphatic rings. The van der Waals surface area contributed by atoms with Gasteiger partial charge < -0.3 is 14.4 Å². The Morgan fingerprint density at radius 3 is 2.54 bits per heavy atom. The van der Waals surface area contributed by atoms with Crippen LogP contribution in [0.5, 0.6) is 17.4 Å². The molecule has 2 aromatic heterocycles. The molecule has 0 N–H and O–H groups in total. The fourth-order valence-corrected chi connectivity index (χ4v) is 5.10. The molecular formula is C25H23F5N4O3. The van der Waals surface area contributed by atoms with E-state index in [-0.39, 0.29) is 23.6 Å². The Morgan fingerprint density at radius 2 is 1.84 bits per heavy atom. The maximum atomic E-state index is 14.6. The smallest absolute Gasteiger partial charge is 0.433 e. The third-order valence-electron chi connectivity index (χ3n) is 6.98. The number of alkyl halides is 3. The Hall–Kier alpha value is -3.70. The molecule has 0 saturated carbocycles. The topological polar surface area (TPSA) is 69.5 Å². The van der Waals surface area contributed by atoms with Crippen LogP contribution in [0.3, 0.4) is 0 Å². The number of fused-ring (bicyclic) bond motifs is 3. The average Bonchev–Trinajstić information content (AvgIpc) is 3.30. The molecule has 3 aromatic rings. The second-order valence-corrected chi connectivity index (χ2v) is 9.12. The summed E-state index contributed by atoms with van der Waals surface area (Å²) in [4.78, 5) is 22.0. The van der Waals surface area contributed by atoms with Crippen molar-refractivity contribution in [2.45, 2.75) is 57.5 Å². The molecule has 0 bridgehead atoms. The number of ether oxygens (including phenoxy) is 2. The van der Waals surface area contributed by atoms with Crippen LogP contribution in [-0.2, 0) is 19.3 Å². The van der Waals surface area contributed by atoms with E-state index in [4.69, 9.17) is 9.47 Å². The molecule has 12 heteroatoms. The molecule has 0 amide bonds. The van der Waals surface area contributed by atoms with Gasteiger partial charge >= 0.3 is 11.9 Å². The van der Waals surface area contributed by atoms with Crippen molar-refractivity contribution in [2.24, 2.45) is 0 Å². The van der Waals surface area contributed by atoms with E-state index in [0.29, 0.717) is 12.6 Å². The Kier molecular flexibility index (Phi) is 6.28. The van der Waals surface area contributed by atoms with E-state index in [1.165, 1.54) is 0 Å². The van der Waals surface area contributed by atoms with Gasteiger partial charge in [0.15, 0.2) is 17.4 Å². The minimum Gasteiger partial charge on any atom is -0.473 e. The average molecular weight is 522 g/mol. The molecule has 1 aromatic carbocycles. The van der Waals surface area contributed by atoms with Crippen LogP contribution in [0.1, 0.15) is 43.9 Å². The summed E-state index contributed by atoms with van der Waals surface area (Å²) in [7, 11) is 0. The number of hydrogen-bond acceptors (Lipinski definition) is 6. The molecule has 5 rings (SSSR count). The number of benzene rings is 1. The summed E-state index contributed by atoms with van der Waals surface area (Å²) in [5.41, 5.74) is -1.63. The normalized spacial score (nSPS) is 18.9. The summed E-state index contributed by atoms with van der Waals surface area (Å²) >= 11 is 0. The zero-order chi connectivity index (χ0) is 26.4. The van der Waals surface area contributed by atoms with Crippen LogP contribution in [0.2, 0.25) is 0 Å². The van der Waals surface area contributed by atoms with Crippen molar-refractivity contribution in [3.8, 4) is 17.4 Å². The molecule has 1 atom stereocenters. The summed E-state index contributed by atoms with van der Waals surface area (Å²) in [6.07, 6.45) is -0.0364. The van der Waals surface area contributed by atoms with E-state index < -0.39 is 40.7 Å². The standard InChI is InChI=1S/C25H23F5N4O3/c1-2-24-5-3-8-34(24)21-13-20(32-23(35)33(21)9-6-24)36-14-15-10-17(26)22(18(27)11-15)37-16-4-7-31-19(12-16)25(28,29)30/h4,7,10-13H,2-3,5-6,8-9,14H2,1H3. The van der Waals surface area contributed by atoms with E-state index >= 15 is 0 Å². The number of anilines is 1. The van der Waals surface area contributed by atoms with Crippen molar-refractivity contribution in [1.82, 2.24) is 14.5 Å². The highest BCUT2D eigenvalue weighted by atomic mass is 19.4. The van der Waals surface area contributed by atoms with Crippen molar-refractivity contribution < 1.29 is 31.4 Å². The lowest BCUT2D eigenvalue weighted by molar-refractivity contribution is -0.141. The number of aromatic nitrogens is 3. The van der Waals surface area contributed by atoms with Gasteiger partial charge in [-0.3, -0.25) is 9.55 Å². The van der Waals surface area contributed by atoms with E-state index in [1.807, 2.05) is 0 Å². The van der Waals surface area contributed by atoms with E-state index in [9.17, 15) is 26.7 Å². The highest BCUT2D eigenvalue weighted by Crippen LogP contribution is 2.42. The number of hydrogen-bond donors (Lipinski definition) is 0. The molecule has 196 valence electrons. The van der Waals surface area contributed by atoms with Crippen LogP contribution in [0.25, 0.3) is 0 Å². The van der Waals surface area contributed by atoms with Crippen molar-refractivity contribution in [3.63, 3.8) is 0 Å². The molecule has 2 aliphatic heterocycles. The summed E-state index contributed by atoms with van der Waals surface area (Å²) in [5.74, 6) is -2.80. The van der Waals surface area contributed by atoms with E-state index in [2.05, 4.69) is 21.8 Å². The predicted molar refractivity (Wildman–Crippen MR) is 123 cm³/mol. The van der Waals surface area contributed by atoms with Crippen molar-refractivity contribution in [3.05, 3.63) is 69.9 Å². The molecule has 7 nitrogen and oxygen atoms in total. The monoisotopic (exact) mass is 522 g/mol. The molecule has 0 radical (unpaired) electrons. The van der Waals surface area contributed by atoms with Gasteiger partial charge in [0.1, 0.15) is 23.9 Å². The quantitative estimate of drug-likeness (QED) is 0.401. The minimum atomic E-state index is -4.74.